The molecule has 1 aliphatic heterocycles. The maximum Gasteiger partial charge on any atom is 0.511 e. The van der Waals surface area contributed by atoms with E-state index in [9.17, 15) is 21.6 Å². The molecule has 0 radical (unpaired) electrons. The molecule has 1 aliphatic rings. The number of guanidine groups is 1. The van der Waals surface area contributed by atoms with E-state index in [2.05, 4.69) is 15.6 Å². The number of nitrogens with zero attached hydrogens (tertiary/aromatic N) is 2. The van der Waals surface area contributed by atoms with Crippen molar-refractivity contribution < 1.29 is 26.3 Å². The summed E-state index contributed by atoms with van der Waals surface area (Å²) in [7, 11) is -2.06. The van der Waals surface area contributed by atoms with Gasteiger partial charge in [0.05, 0.1) is 7.11 Å². The first-order valence-corrected chi connectivity index (χ1v) is 10.2. The van der Waals surface area contributed by atoms with Gasteiger partial charge in [0.15, 0.2) is 5.96 Å². The van der Waals surface area contributed by atoms with Gasteiger partial charge in [0.2, 0.25) is 0 Å². The molecule has 0 atom stereocenters. The summed E-state index contributed by atoms with van der Waals surface area (Å²) in [6.07, 6.45) is 0.523. The van der Waals surface area contributed by atoms with E-state index in [4.69, 9.17) is 4.74 Å². The van der Waals surface area contributed by atoms with Crippen molar-refractivity contribution in [2.75, 3.05) is 27.2 Å². The number of methoxy groups -OCH3 is 1. The number of rotatable bonds is 5. The molecule has 0 aromatic heterocycles. The van der Waals surface area contributed by atoms with E-state index < -0.39 is 15.5 Å². The van der Waals surface area contributed by atoms with Crippen molar-refractivity contribution in [3.05, 3.63) is 29.3 Å². The van der Waals surface area contributed by atoms with Crippen molar-refractivity contribution in [1.82, 2.24) is 14.9 Å². The van der Waals surface area contributed by atoms with Crippen LogP contribution >= 0.6 is 0 Å². The summed E-state index contributed by atoms with van der Waals surface area (Å²) in [4.78, 5) is 4.12. The normalized spacial score (nSPS) is 17.4. The largest absolute Gasteiger partial charge is 0.511 e. The Balaban J connectivity index is 1.87. The summed E-state index contributed by atoms with van der Waals surface area (Å²) in [5.41, 5.74) is -3.24. The molecule has 0 spiro atoms. The van der Waals surface area contributed by atoms with E-state index in [1.54, 1.807) is 14.2 Å². The summed E-state index contributed by atoms with van der Waals surface area (Å²) in [5, 5.41) is 6.28. The van der Waals surface area contributed by atoms with Crippen LogP contribution in [0, 0.1) is 6.92 Å². The number of aryl methyl sites for hydroxylation is 1. The Morgan fingerprint density at radius 1 is 1.32 bits per heavy atom. The monoisotopic (exact) mass is 422 g/mol. The number of piperidine rings is 1. The zero-order valence-corrected chi connectivity index (χ0v) is 16.8. The first-order chi connectivity index (χ1) is 13.1. The molecule has 2 rings (SSSR count). The van der Waals surface area contributed by atoms with Gasteiger partial charge in [-0.3, -0.25) is 4.99 Å². The van der Waals surface area contributed by atoms with Crippen LogP contribution in [0.5, 0.6) is 5.75 Å². The number of halogens is 3. The van der Waals surface area contributed by atoms with Gasteiger partial charge in [-0.1, -0.05) is 12.1 Å². The number of nitrogens with one attached hydrogen (secondary N) is 2. The van der Waals surface area contributed by atoms with E-state index in [-0.39, 0.29) is 32.0 Å². The fraction of sp³-hybridized carbons (Fsp3) is 0.588. The Labute approximate surface area is 163 Å². The average Bonchev–Trinajstić information content (AvgIpc) is 2.64. The van der Waals surface area contributed by atoms with Crippen LogP contribution in [0.3, 0.4) is 0 Å². The highest BCUT2D eigenvalue weighted by atomic mass is 32.2. The van der Waals surface area contributed by atoms with Gasteiger partial charge >= 0.3 is 15.5 Å². The fourth-order valence-electron chi connectivity index (χ4n) is 3.01. The predicted octanol–water partition coefficient (Wildman–Crippen LogP) is 1.98. The lowest BCUT2D eigenvalue weighted by molar-refractivity contribution is -0.0494. The summed E-state index contributed by atoms with van der Waals surface area (Å²) in [6.45, 7) is 2.08. The maximum absolute atomic E-state index is 12.6. The molecule has 0 aliphatic carbocycles. The molecule has 1 aromatic carbocycles. The topological polar surface area (TPSA) is 83.0 Å². The Morgan fingerprint density at radius 2 is 1.96 bits per heavy atom. The third-order valence-electron chi connectivity index (χ3n) is 4.57. The number of ether oxygens (including phenoxy) is 1. The summed E-state index contributed by atoms with van der Waals surface area (Å²) < 4.78 is 66.5. The molecule has 0 amide bonds. The third-order valence-corrected chi connectivity index (χ3v) is 6.20. The van der Waals surface area contributed by atoms with Gasteiger partial charge in [-0.05, 0) is 37.0 Å². The van der Waals surface area contributed by atoms with Crippen LogP contribution in [0.1, 0.15) is 24.0 Å². The zero-order valence-electron chi connectivity index (χ0n) is 16.0. The average molecular weight is 422 g/mol. The van der Waals surface area contributed by atoms with Gasteiger partial charge in [-0.15, -0.1) is 0 Å². The minimum Gasteiger partial charge on any atom is -0.496 e. The lowest BCUT2D eigenvalue weighted by Crippen LogP contribution is -2.51. The number of hydrogen-bond donors (Lipinski definition) is 2. The van der Waals surface area contributed by atoms with Crippen LogP contribution in [0.25, 0.3) is 0 Å². The molecule has 11 heteroatoms. The first kappa shape index (κ1) is 22.3. The number of benzene rings is 1. The molecular weight excluding hydrogens is 397 g/mol. The molecule has 2 N–H and O–H groups in total. The number of aliphatic imine (C=N–C) groups is 1. The molecular formula is C17H25F3N4O3S. The lowest BCUT2D eigenvalue weighted by Gasteiger charge is -2.32. The van der Waals surface area contributed by atoms with Gasteiger partial charge < -0.3 is 15.4 Å². The van der Waals surface area contributed by atoms with Gasteiger partial charge in [-0.25, -0.2) is 8.42 Å². The Hall–Kier alpha value is -2.01. The smallest absolute Gasteiger partial charge is 0.496 e. The maximum atomic E-state index is 12.6. The lowest BCUT2D eigenvalue weighted by atomic mass is 10.1. The van der Waals surface area contributed by atoms with Gasteiger partial charge in [0.1, 0.15) is 5.75 Å². The van der Waals surface area contributed by atoms with Crippen LogP contribution in [-0.4, -0.2) is 57.5 Å². The molecule has 0 bridgehead atoms. The van der Waals surface area contributed by atoms with Gasteiger partial charge in [-0.2, -0.15) is 17.5 Å². The Kier molecular flexibility index (Phi) is 7.16. The molecule has 28 heavy (non-hydrogen) atoms. The van der Waals surface area contributed by atoms with Crippen LogP contribution in [0.4, 0.5) is 13.2 Å². The SMILES string of the molecule is CN=C(NCc1ccc(OC)c(C)c1)NC1CCN(S(=O)(=O)C(F)(F)F)CC1. The zero-order chi connectivity index (χ0) is 20.9. The molecule has 1 heterocycles. The van der Waals surface area contributed by atoms with E-state index >= 15 is 0 Å². The van der Waals surface area contributed by atoms with E-state index in [1.165, 1.54) is 0 Å². The van der Waals surface area contributed by atoms with Crippen LogP contribution < -0.4 is 15.4 Å². The second kappa shape index (κ2) is 8.99. The number of hydrogen-bond acceptors (Lipinski definition) is 4. The van der Waals surface area contributed by atoms with E-state index in [1.807, 2.05) is 25.1 Å². The second-order valence-electron chi connectivity index (χ2n) is 6.50. The van der Waals surface area contributed by atoms with Crippen molar-refractivity contribution in [2.24, 2.45) is 4.99 Å². The minimum absolute atomic E-state index is 0.163. The van der Waals surface area contributed by atoms with E-state index in [0.29, 0.717) is 16.8 Å². The molecule has 1 saturated heterocycles. The number of sulfonamides is 1. The highest BCUT2D eigenvalue weighted by Gasteiger charge is 2.50. The molecule has 158 valence electrons. The summed E-state index contributed by atoms with van der Waals surface area (Å²) in [5.74, 6) is 1.30. The fourth-order valence-corrected chi connectivity index (χ4v) is 4.00. The van der Waals surface area contributed by atoms with Crippen LogP contribution in [-0.2, 0) is 16.6 Å². The standard InChI is InChI=1S/C17H25F3N4O3S/c1-12-10-13(4-5-15(12)27-3)11-22-16(21-2)23-14-6-8-24(9-7-14)28(25,26)17(18,19)20/h4-5,10,14H,6-9,11H2,1-3H3,(H2,21,22,23). The van der Waals surface area contributed by atoms with Gasteiger partial charge in [0.25, 0.3) is 0 Å². The van der Waals surface area contributed by atoms with Crippen LogP contribution in [0.15, 0.2) is 23.2 Å². The molecule has 7 nitrogen and oxygen atoms in total. The molecule has 0 unspecified atom stereocenters. The Bertz CT molecular complexity index is 804. The predicted molar refractivity (Wildman–Crippen MR) is 101 cm³/mol. The Morgan fingerprint density at radius 3 is 2.46 bits per heavy atom. The summed E-state index contributed by atoms with van der Waals surface area (Å²) in [6, 6.07) is 5.62. The highest BCUT2D eigenvalue weighted by molar-refractivity contribution is 7.90. The van der Waals surface area contributed by atoms with Crippen molar-refractivity contribution in [3.63, 3.8) is 0 Å². The minimum atomic E-state index is -5.26. The van der Waals surface area contributed by atoms with Crippen molar-refractivity contribution >= 4 is 16.0 Å². The van der Waals surface area contributed by atoms with Crippen molar-refractivity contribution in [1.29, 1.82) is 0 Å². The highest BCUT2D eigenvalue weighted by Crippen LogP contribution is 2.29. The van der Waals surface area contributed by atoms with Crippen LogP contribution in [0.2, 0.25) is 0 Å². The quantitative estimate of drug-likeness (QED) is 0.560. The van der Waals surface area contributed by atoms with Crippen molar-refractivity contribution in [2.45, 2.75) is 37.9 Å². The second-order valence-corrected chi connectivity index (χ2v) is 8.43. The molecule has 1 fully saturated rings. The third kappa shape index (κ3) is 5.28. The summed E-state index contributed by atoms with van der Waals surface area (Å²) >= 11 is 0. The van der Waals surface area contributed by atoms with Crippen molar-refractivity contribution in [3.8, 4) is 5.75 Å². The molecule has 1 aromatic rings. The van der Waals surface area contributed by atoms with E-state index in [0.717, 1.165) is 16.9 Å². The van der Waals surface area contributed by atoms with Gasteiger partial charge in [0, 0.05) is 32.7 Å². The number of alkyl halides is 3. The first-order valence-electron chi connectivity index (χ1n) is 8.75. The molecule has 0 saturated carbocycles.